The number of hydrogen-bond donors (Lipinski definition) is 0. The molecule has 0 atom stereocenters. The first-order valence-electron chi connectivity index (χ1n) is 9.33. The minimum absolute atomic E-state index is 0.121. The molecule has 0 aliphatic heterocycles. The summed E-state index contributed by atoms with van der Waals surface area (Å²) in [6.45, 7) is 7.30. The van der Waals surface area contributed by atoms with E-state index in [1.54, 1.807) is 6.07 Å². The van der Waals surface area contributed by atoms with Crippen molar-refractivity contribution in [2.75, 3.05) is 0 Å². The second-order valence-corrected chi connectivity index (χ2v) is 8.92. The smallest absolute Gasteiger partial charge is 0.141 e. The van der Waals surface area contributed by atoms with Gasteiger partial charge in [-0.15, -0.1) is 0 Å². The number of aromatic nitrogens is 2. The van der Waals surface area contributed by atoms with Gasteiger partial charge in [-0.25, -0.2) is 4.98 Å². The average molecular weight is 409 g/mol. The Kier molecular flexibility index (Phi) is 4.95. The molecule has 0 aliphatic rings. The predicted octanol–water partition coefficient (Wildman–Crippen LogP) is 7.36. The van der Waals surface area contributed by atoms with E-state index in [4.69, 9.17) is 28.2 Å². The molecule has 0 saturated heterocycles. The SMILES string of the molecule is CC(C)(C)c1ccc(-c2nc3ccccc3n2Cc2ccc(Cl)cc2Cl)cc1. The lowest BCUT2D eigenvalue weighted by atomic mass is 9.87. The molecule has 0 saturated carbocycles. The van der Waals surface area contributed by atoms with E-state index < -0.39 is 0 Å². The van der Waals surface area contributed by atoms with Crippen molar-refractivity contribution in [2.24, 2.45) is 0 Å². The van der Waals surface area contributed by atoms with Crippen molar-refractivity contribution in [3.05, 3.63) is 87.9 Å². The van der Waals surface area contributed by atoms with Gasteiger partial charge in [0.25, 0.3) is 0 Å². The molecule has 4 rings (SSSR count). The molecule has 1 heterocycles. The van der Waals surface area contributed by atoms with E-state index in [1.165, 1.54) is 5.56 Å². The lowest BCUT2D eigenvalue weighted by Gasteiger charge is -2.19. The molecule has 0 fully saturated rings. The normalized spacial score (nSPS) is 11.9. The highest BCUT2D eigenvalue weighted by atomic mass is 35.5. The molecule has 3 aromatic carbocycles. The van der Waals surface area contributed by atoms with Crippen LogP contribution in [0.3, 0.4) is 0 Å². The van der Waals surface area contributed by atoms with Gasteiger partial charge in [0.2, 0.25) is 0 Å². The third-order valence-electron chi connectivity index (χ3n) is 5.01. The Morgan fingerprint density at radius 3 is 2.29 bits per heavy atom. The first-order chi connectivity index (χ1) is 13.3. The first kappa shape index (κ1) is 19.0. The van der Waals surface area contributed by atoms with Crippen molar-refractivity contribution >= 4 is 34.2 Å². The molecule has 0 unspecified atom stereocenters. The monoisotopic (exact) mass is 408 g/mol. The third-order valence-corrected chi connectivity index (χ3v) is 5.59. The zero-order valence-corrected chi connectivity index (χ0v) is 17.7. The maximum absolute atomic E-state index is 6.45. The van der Waals surface area contributed by atoms with Gasteiger partial charge in [0.05, 0.1) is 17.6 Å². The highest BCUT2D eigenvalue weighted by molar-refractivity contribution is 6.35. The number of para-hydroxylation sites is 2. The van der Waals surface area contributed by atoms with Gasteiger partial charge < -0.3 is 4.57 Å². The van der Waals surface area contributed by atoms with Gasteiger partial charge in [-0.05, 0) is 40.8 Å². The molecule has 4 heteroatoms. The molecule has 2 nitrogen and oxygen atoms in total. The zero-order chi connectivity index (χ0) is 19.9. The summed E-state index contributed by atoms with van der Waals surface area (Å²) in [6, 6.07) is 22.5. The minimum atomic E-state index is 0.121. The van der Waals surface area contributed by atoms with Crippen LogP contribution in [0.15, 0.2) is 66.7 Å². The molecule has 0 amide bonds. The minimum Gasteiger partial charge on any atom is -0.319 e. The standard InChI is InChI=1S/C24H22Cl2N2/c1-24(2,3)18-11-8-16(9-12-18)23-27-21-6-4-5-7-22(21)28(23)15-17-10-13-19(25)14-20(17)26/h4-14H,15H2,1-3H3. The van der Waals surface area contributed by atoms with Crippen LogP contribution in [0.5, 0.6) is 0 Å². The van der Waals surface area contributed by atoms with Gasteiger partial charge in [0, 0.05) is 15.6 Å². The Morgan fingerprint density at radius 2 is 1.61 bits per heavy atom. The summed E-state index contributed by atoms with van der Waals surface area (Å²) < 4.78 is 2.22. The molecule has 1 aromatic heterocycles. The van der Waals surface area contributed by atoms with Gasteiger partial charge in [0.15, 0.2) is 0 Å². The number of hydrogen-bond acceptors (Lipinski definition) is 1. The molecular formula is C24H22Cl2N2. The summed E-state index contributed by atoms with van der Waals surface area (Å²) in [5.41, 5.74) is 5.59. The van der Waals surface area contributed by atoms with Crippen LogP contribution in [0.25, 0.3) is 22.4 Å². The fourth-order valence-corrected chi connectivity index (χ4v) is 3.86. The maximum Gasteiger partial charge on any atom is 0.141 e. The van der Waals surface area contributed by atoms with Gasteiger partial charge in [0.1, 0.15) is 5.82 Å². The van der Waals surface area contributed by atoms with E-state index in [0.717, 1.165) is 28.0 Å². The third kappa shape index (κ3) is 3.67. The van der Waals surface area contributed by atoms with Crippen LogP contribution in [-0.2, 0) is 12.0 Å². The summed E-state index contributed by atoms with van der Waals surface area (Å²) in [5.74, 6) is 0.938. The number of nitrogens with zero attached hydrogens (tertiary/aromatic N) is 2. The summed E-state index contributed by atoms with van der Waals surface area (Å²) >= 11 is 12.5. The van der Waals surface area contributed by atoms with Gasteiger partial charge in [-0.1, -0.05) is 86.4 Å². The van der Waals surface area contributed by atoms with Crippen molar-refractivity contribution < 1.29 is 0 Å². The van der Waals surface area contributed by atoms with Crippen LogP contribution in [0.2, 0.25) is 10.0 Å². The lowest BCUT2D eigenvalue weighted by molar-refractivity contribution is 0.590. The average Bonchev–Trinajstić information content (AvgIpc) is 3.02. The first-order valence-corrected chi connectivity index (χ1v) is 10.1. The van der Waals surface area contributed by atoms with Crippen molar-refractivity contribution in [1.82, 2.24) is 9.55 Å². The molecule has 0 spiro atoms. The summed E-state index contributed by atoms with van der Waals surface area (Å²) in [4.78, 5) is 4.91. The Labute approximate surface area is 175 Å². The Bertz CT molecular complexity index is 1140. The van der Waals surface area contributed by atoms with Crippen molar-refractivity contribution in [3.8, 4) is 11.4 Å². The van der Waals surface area contributed by atoms with Crippen LogP contribution in [0.4, 0.5) is 0 Å². The molecular weight excluding hydrogens is 387 g/mol. The number of imidazole rings is 1. The second-order valence-electron chi connectivity index (χ2n) is 8.07. The molecule has 0 N–H and O–H groups in total. The number of rotatable bonds is 3. The lowest BCUT2D eigenvalue weighted by Crippen LogP contribution is -2.10. The summed E-state index contributed by atoms with van der Waals surface area (Å²) in [7, 11) is 0. The predicted molar refractivity (Wildman–Crippen MR) is 119 cm³/mol. The van der Waals surface area contributed by atoms with E-state index in [0.29, 0.717) is 16.6 Å². The van der Waals surface area contributed by atoms with E-state index >= 15 is 0 Å². The quantitative estimate of drug-likeness (QED) is 0.346. The Morgan fingerprint density at radius 1 is 0.893 bits per heavy atom. The van der Waals surface area contributed by atoms with E-state index in [-0.39, 0.29) is 5.41 Å². The maximum atomic E-state index is 6.45. The van der Waals surface area contributed by atoms with Crippen LogP contribution in [-0.4, -0.2) is 9.55 Å². The molecule has 0 radical (unpaired) electrons. The highest BCUT2D eigenvalue weighted by Gasteiger charge is 2.17. The van der Waals surface area contributed by atoms with Gasteiger partial charge in [-0.2, -0.15) is 0 Å². The summed E-state index contributed by atoms with van der Waals surface area (Å²) in [5, 5.41) is 1.31. The van der Waals surface area contributed by atoms with E-state index in [9.17, 15) is 0 Å². The van der Waals surface area contributed by atoms with E-state index in [1.807, 2.05) is 30.3 Å². The largest absolute Gasteiger partial charge is 0.319 e. The molecule has 0 bridgehead atoms. The molecule has 0 aliphatic carbocycles. The molecule has 142 valence electrons. The zero-order valence-electron chi connectivity index (χ0n) is 16.2. The molecule has 28 heavy (non-hydrogen) atoms. The second kappa shape index (κ2) is 7.27. The van der Waals surface area contributed by atoms with Crippen LogP contribution < -0.4 is 0 Å². The van der Waals surface area contributed by atoms with Gasteiger partial charge >= 0.3 is 0 Å². The fraction of sp³-hybridized carbons (Fsp3) is 0.208. The van der Waals surface area contributed by atoms with Crippen LogP contribution in [0.1, 0.15) is 31.9 Å². The Balaban J connectivity index is 1.83. The highest BCUT2D eigenvalue weighted by Crippen LogP contribution is 2.30. The summed E-state index contributed by atoms with van der Waals surface area (Å²) in [6.07, 6.45) is 0. The van der Waals surface area contributed by atoms with Crippen LogP contribution in [0, 0.1) is 0 Å². The number of fused-ring (bicyclic) bond motifs is 1. The van der Waals surface area contributed by atoms with Crippen molar-refractivity contribution in [3.63, 3.8) is 0 Å². The fourth-order valence-electron chi connectivity index (χ4n) is 3.40. The van der Waals surface area contributed by atoms with Crippen molar-refractivity contribution in [2.45, 2.75) is 32.7 Å². The number of halogens is 2. The molecule has 4 aromatic rings. The Hall–Kier alpha value is -2.29. The van der Waals surface area contributed by atoms with E-state index in [2.05, 4.69) is 55.7 Å². The number of benzene rings is 3. The van der Waals surface area contributed by atoms with Crippen LogP contribution >= 0.6 is 23.2 Å². The van der Waals surface area contributed by atoms with Crippen molar-refractivity contribution in [1.29, 1.82) is 0 Å². The topological polar surface area (TPSA) is 17.8 Å². The van der Waals surface area contributed by atoms with Gasteiger partial charge in [-0.3, -0.25) is 0 Å².